The van der Waals surface area contributed by atoms with E-state index in [1.54, 1.807) is 19.2 Å². The van der Waals surface area contributed by atoms with Crippen LogP contribution < -0.4 is 14.8 Å². The van der Waals surface area contributed by atoms with Crippen LogP contribution in [0.4, 0.5) is 4.79 Å². The molecule has 0 spiro atoms. The van der Waals surface area contributed by atoms with Gasteiger partial charge in [-0.15, -0.1) is 0 Å². The molecule has 0 atom stereocenters. The van der Waals surface area contributed by atoms with Crippen molar-refractivity contribution in [1.82, 2.24) is 10.2 Å². The van der Waals surface area contributed by atoms with E-state index in [1.807, 2.05) is 20.8 Å². The lowest BCUT2D eigenvalue weighted by Crippen LogP contribution is -2.46. The smallest absolute Gasteiger partial charge is 0.326 e. The molecule has 148 valence electrons. The van der Waals surface area contributed by atoms with E-state index in [2.05, 4.69) is 5.32 Å². The van der Waals surface area contributed by atoms with E-state index in [0.717, 1.165) is 16.0 Å². The molecule has 0 aliphatic carbocycles. The van der Waals surface area contributed by atoms with Crippen molar-refractivity contribution in [2.75, 3.05) is 20.8 Å². The van der Waals surface area contributed by atoms with Gasteiger partial charge in [0.1, 0.15) is 18.7 Å². The van der Waals surface area contributed by atoms with Crippen molar-refractivity contribution >= 4 is 17.9 Å². The Kier molecular flexibility index (Phi) is 6.30. The first kappa shape index (κ1) is 20.5. The topological polar surface area (TPSA) is 94.2 Å². The quantitative estimate of drug-likeness (QED) is 0.550. The Balaban J connectivity index is 2.03. The molecule has 1 aromatic rings. The summed E-state index contributed by atoms with van der Waals surface area (Å²) in [5.74, 6) is 0.0613. The zero-order valence-corrected chi connectivity index (χ0v) is 16.4. The second-order valence-electron chi connectivity index (χ2n) is 6.41. The Labute approximate surface area is 158 Å². The van der Waals surface area contributed by atoms with Gasteiger partial charge in [0.05, 0.1) is 14.2 Å². The first-order valence-corrected chi connectivity index (χ1v) is 8.83. The van der Waals surface area contributed by atoms with Gasteiger partial charge >= 0.3 is 12.0 Å². The van der Waals surface area contributed by atoms with Crippen molar-refractivity contribution in [3.8, 4) is 11.5 Å². The molecule has 0 saturated carbocycles. The third-order valence-corrected chi connectivity index (χ3v) is 4.97. The Morgan fingerprint density at radius 2 is 1.70 bits per heavy atom. The molecule has 1 saturated heterocycles. The van der Waals surface area contributed by atoms with Crippen molar-refractivity contribution in [2.45, 2.75) is 45.8 Å². The molecule has 2 rings (SSSR count). The maximum Gasteiger partial charge on any atom is 0.326 e. The number of hydrogen-bond donors (Lipinski definition) is 1. The van der Waals surface area contributed by atoms with Crippen LogP contribution in [-0.2, 0) is 20.9 Å². The summed E-state index contributed by atoms with van der Waals surface area (Å²) in [6.45, 7) is 5.09. The van der Waals surface area contributed by atoms with Gasteiger partial charge in [-0.05, 0) is 43.0 Å². The van der Waals surface area contributed by atoms with E-state index >= 15 is 0 Å². The van der Waals surface area contributed by atoms with Crippen molar-refractivity contribution in [2.24, 2.45) is 0 Å². The predicted octanol–water partition coefficient (Wildman–Crippen LogP) is 2.17. The van der Waals surface area contributed by atoms with Gasteiger partial charge in [-0.1, -0.05) is 13.8 Å². The third kappa shape index (κ3) is 3.99. The van der Waals surface area contributed by atoms with E-state index in [1.165, 1.54) is 7.11 Å². The summed E-state index contributed by atoms with van der Waals surface area (Å²) in [5, 5.41) is 2.68. The number of nitrogens with one attached hydrogen (secondary N) is 1. The number of benzene rings is 1. The lowest BCUT2D eigenvalue weighted by Gasteiger charge is -2.22. The third-order valence-electron chi connectivity index (χ3n) is 4.97. The minimum atomic E-state index is -0.933. The van der Waals surface area contributed by atoms with E-state index in [4.69, 9.17) is 14.2 Å². The van der Waals surface area contributed by atoms with E-state index < -0.39 is 30.0 Å². The molecular weight excluding hydrogens is 352 g/mol. The maximum atomic E-state index is 12.5. The van der Waals surface area contributed by atoms with Gasteiger partial charge in [-0.3, -0.25) is 14.5 Å². The SMILES string of the molecule is CCC1(CC)NC(=O)N(CC(=O)OCc2cc(OC)c(OC)cc2C)C1=O. The van der Waals surface area contributed by atoms with E-state index in [9.17, 15) is 14.4 Å². The number of nitrogens with zero attached hydrogens (tertiary/aromatic N) is 1. The summed E-state index contributed by atoms with van der Waals surface area (Å²) in [5.41, 5.74) is 0.679. The van der Waals surface area contributed by atoms with Gasteiger partial charge in [0.25, 0.3) is 5.91 Å². The highest BCUT2D eigenvalue weighted by molar-refractivity contribution is 6.08. The van der Waals surface area contributed by atoms with Crippen LogP contribution in [0.15, 0.2) is 12.1 Å². The second kappa shape index (κ2) is 8.28. The van der Waals surface area contributed by atoms with Gasteiger partial charge < -0.3 is 19.5 Å². The first-order chi connectivity index (χ1) is 12.8. The fourth-order valence-electron chi connectivity index (χ4n) is 3.06. The van der Waals surface area contributed by atoms with Gasteiger partial charge in [0.2, 0.25) is 0 Å². The summed E-state index contributed by atoms with van der Waals surface area (Å²) in [6.07, 6.45) is 0.926. The Morgan fingerprint density at radius 3 is 2.22 bits per heavy atom. The highest BCUT2D eigenvalue weighted by Gasteiger charge is 2.49. The number of methoxy groups -OCH3 is 2. The number of carbonyl (C=O) groups excluding carboxylic acids is 3. The number of urea groups is 1. The number of aryl methyl sites for hydroxylation is 1. The van der Waals surface area contributed by atoms with Crippen molar-refractivity contribution in [1.29, 1.82) is 0 Å². The van der Waals surface area contributed by atoms with Crippen molar-refractivity contribution < 1.29 is 28.6 Å². The summed E-state index contributed by atoms with van der Waals surface area (Å²) >= 11 is 0. The van der Waals surface area contributed by atoms with E-state index in [-0.39, 0.29) is 6.61 Å². The average molecular weight is 378 g/mol. The number of esters is 1. The second-order valence-corrected chi connectivity index (χ2v) is 6.41. The molecule has 1 aliphatic heterocycles. The number of carbonyl (C=O) groups is 3. The Hall–Kier alpha value is -2.77. The molecule has 8 heteroatoms. The molecule has 1 N–H and O–H groups in total. The van der Waals surface area contributed by atoms with Gasteiger partial charge in [-0.25, -0.2) is 4.79 Å². The molecule has 0 radical (unpaired) electrons. The Bertz CT molecular complexity index is 742. The van der Waals surface area contributed by atoms with Crippen LogP contribution in [0.2, 0.25) is 0 Å². The van der Waals surface area contributed by atoms with Crippen LogP contribution in [0.1, 0.15) is 37.8 Å². The fourth-order valence-corrected chi connectivity index (χ4v) is 3.06. The van der Waals surface area contributed by atoms with Crippen LogP contribution in [0.3, 0.4) is 0 Å². The molecule has 1 aromatic carbocycles. The number of amides is 3. The molecular formula is C19H26N2O6. The average Bonchev–Trinajstić information content (AvgIpc) is 2.91. The number of imide groups is 1. The normalized spacial score (nSPS) is 15.5. The molecule has 1 fully saturated rings. The molecule has 0 bridgehead atoms. The fraction of sp³-hybridized carbons (Fsp3) is 0.526. The minimum absolute atomic E-state index is 0.00136. The molecule has 0 unspecified atom stereocenters. The zero-order valence-electron chi connectivity index (χ0n) is 16.4. The van der Waals surface area contributed by atoms with E-state index in [0.29, 0.717) is 24.3 Å². The molecule has 1 aliphatic rings. The van der Waals surface area contributed by atoms with Crippen molar-refractivity contribution in [3.63, 3.8) is 0 Å². The highest BCUT2D eigenvalue weighted by Crippen LogP contribution is 2.30. The van der Waals surface area contributed by atoms with Crippen molar-refractivity contribution in [3.05, 3.63) is 23.3 Å². The summed E-state index contributed by atoms with van der Waals surface area (Å²) in [6, 6.07) is 2.95. The first-order valence-electron chi connectivity index (χ1n) is 8.83. The van der Waals surface area contributed by atoms with Gasteiger partial charge in [-0.2, -0.15) is 0 Å². The largest absolute Gasteiger partial charge is 0.493 e. The molecule has 1 heterocycles. The zero-order chi connectivity index (χ0) is 20.2. The van der Waals surface area contributed by atoms with Crippen LogP contribution in [0.5, 0.6) is 11.5 Å². The maximum absolute atomic E-state index is 12.5. The minimum Gasteiger partial charge on any atom is -0.493 e. The number of hydrogen-bond acceptors (Lipinski definition) is 6. The van der Waals surface area contributed by atoms with Crippen LogP contribution in [-0.4, -0.2) is 49.1 Å². The number of ether oxygens (including phenoxy) is 3. The standard InChI is InChI=1S/C19H26N2O6/c1-6-19(7-2)17(23)21(18(24)20-19)10-16(22)27-11-13-9-15(26-5)14(25-4)8-12(13)3/h8-9H,6-7,10-11H2,1-5H3,(H,20,24). The lowest BCUT2D eigenvalue weighted by molar-refractivity contribution is -0.149. The Morgan fingerprint density at radius 1 is 1.11 bits per heavy atom. The molecule has 27 heavy (non-hydrogen) atoms. The summed E-state index contributed by atoms with van der Waals surface area (Å²) < 4.78 is 15.7. The number of rotatable bonds is 8. The predicted molar refractivity (Wildman–Crippen MR) is 97.6 cm³/mol. The molecule has 0 aromatic heterocycles. The molecule has 3 amide bonds. The van der Waals surface area contributed by atoms with Crippen LogP contribution in [0.25, 0.3) is 0 Å². The lowest BCUT2D eigenvalue weighted by atomic mass is 9.93. The monoisotopic (exact) mass is 378 g/mol. The summed E-state index contributed by atoms with van der Waals surface area (Å²) in [4.78, 5) is 37.7. The highest BCUT2D eigenvalue weighted by atomic mass is 16.5. The van der Waals surface area contributed by atoms with Gasteiger partial charge in [0, 0.05) is 0 Å². The molecule has 8 nitrogen and oxygen atoms in total. The summed E-state index contributed by atoms with van der Waals surface area (Å²) in [7, 11) is 3.07. The van der Waals surface area contributed by atoms with Crippen LogP contribution >= 0.6 is 0 Å². The van der Waals surface area contributed by atoms with Crippen LogP contribution in [0, 0.1) is 6.92 Å². The van der Waals surface area contributed by atoms with Gasteiger partial charge in [0.15, 0.2) is 11.5 Å².